The number of hydrogen-bond acceptors (Lipinski definition) is 5. The fourth-order valence-corrected chi connectivity index (χ4v) is 2.30. The van der Waals surface area contributed by atoms with E-state index in [9.17, 15) is 9.59 Å². The van der Waals surface area contributed by atoms with E-state index in [1.807, 2.05) is 6.07 Å². The van der Waals surface area contributed by atoms with Crippen LogP contribution in [0.5, 0.6) is 0 Å². The molecule has 5 nitrogen and oxygen atoms in total. The molecule has 0 aliphatic rings. The van der Waals surface area contributed by atoms with Crippen molar-refractivity contribution in [3.63, 3.8) is 0 Å². The van der Waals surface area contributed by atoms with Crippen LogP contribution in [0.3, 0.4) is 0 Å². The Balaban J connectivity index is 1.81. The van der Waals surface area contributed by atoms with Crippen LogP contribution in [0.25, 0.3) is 0 Å². The molecule has 1 aromatic heterocycles. The molecule has 3 aromatic rings. The third-order valence-electron chi connectivity index (χ3n) is 3.45. The lowest BCUT2D eigenvalue weighted by atomic mass is 9.98. The van der Waals surface area contributed by atoms with Crippen molar-refractivity contribution in [2.75, 3.05) is 0 Å². The summed E-state index contributed by atoms with van der Waals surface area (Å²) < 4.78 is 10.2. The number of esters is 1. The zero-order chi connectivity index (χ0) is 16.9. The minimum absolute atomic E-state index is 0.0342. The Morgan fingerprint density at radius 1 is 1.00 bits per heavy atom. The summed E-state index contributed by atoms with van der Waals surface area (Å²) in [7, 11) is 0. The van der Waals surface area contributed by atoms with Gasteiger partial charge < -0.3 is 9.26 Å². The van der Waals surface area contributed by atoms with E-state index in [4.69, 9.17) is 9.26 Å². The standard InChI is InChI=1S/C19H15NO4/c1-13-11-15(24-20-13)12-23-19(22)17-10-6-5-9-16(17)18(21)14-7-3-2-4-8-14/h2-11H,12H2,1H3. The van der Waals surface area contributed by atoms with E-state index in [0.717, 1.165) is 0 Å². The average molecular weight is 321 g/mol. The molecule has 5 heteroatoms. The Morgan fingerprint density at radius 3 is 2.33 bits per heavy atom. The fraction of sp³-hybridized carbons (Fsp3) is 0.105. The third-order valence-corrected chi connectivity index (χ3v) is 3.45. The minimum Gasteiger partial charge on any atom is -0.454 e. The topological polar surface area (TPSA) is 69.4 Å². The molecule has 0 N–H and O–H groups in total. The molecule has 0 aliphatic heterocycles. The lowest BCUT2D eigenvalue weighted by Gasteiger charge is -2.08. The molecule has 0 saturated carbocycles. The van der Waals surface area contributed by atoms with Gasteiger partial charge in [-0.15, -0.1) is 0 Å². The molecular weight excluding hydrogens is 306 g/mol. The van der Waals surface area contributed by atoms with Gasteiger partial charge in [-0.25, -0.2) is 4.79 Å². The van der Waals surface area contributed by atoms with Crippen molar-refractivity contribution in [2.45, 2.75) is 13.5 Å². The van der Waals surface area contributed by atoms with E-state index in [1.165, 1.54) is 0 Å². The molecule has 0 saturated heterocycles. The fourth-order valence-electron chi connectivity index (χ4n) is 2.30. The number of benzene rings is 2. The highest BCUT2D eigenvalue weighted by Gasteiger charge is 2.19. The number of ether oxygens (including phenoxy) is 1. The van der Waals surface area contributed by atoms with Gasteiger partial charge in [0.15, 0.2) is 18.2 Å². The summed E-state index contributed by atoms with van der Waals surface area (Å²) in [6, 6.07) is 17.1. The molecule has 1 heterocycles. The van der Waals surface area contributed by atoms with Gasteiger partial charge in [-0.1, -0.05) is 53.7 Å². The first-order valence-electron chi connectivity index (χ1n) is 7.43. The number of carbonyl (C=O) groups is 2. The van der Waals surface area contributed by atoms with Crippen molar-refractivity contribution < 1.29 is 18.8 Å². The molecule has 24 heavy (non-hydrogen) atoms. The Kier molecular flexibility index (Phi) is 4.52. The van der Waals surface area contributed by atoms with Crippen LogP contribution >= 0.6 is 0 Å². The second-order valence-corrected chi connectivity index (χ2v) is 5.25. The lowest BCUT2D eigenvalue weighted by Crippen LogP contribution is -2.12. The highest BCUT2D eigenvalue weighted by Crippen LogP contribution is 2.16. The van der Waals surface area contributed by atoms with Crippen LogP contribution < -0.4 is 0 Å². The SMILES string of the molecule is Cc1cc(COC(=O)c2ccccc2C(=O)c2ccccc2)on1. The zero-order valence-electron chi connectivity index (χ0n) is 13.1. The molecule has 120 valence electrons. The maximum atomic E-state index is 12.6. The summed E-state index contributed by atoms with van der Waals surface area (Å²) in [6.07, 6.45) is 0. The molecule has 0 fully saturated rings. The number of ketones is 1. The van der Waals surface area contributed by atoms with Gasteiger partial charge in [-0.3, -0.25) is 4.79 Å². The normalized spacial score (nSPS) is 10.4. The molecule has 0 amide bonds. The van der Waals surface area contributed by atoms with Gasteiger partial charge in [0.25, 0.3) is 0 Å². The van der Waals surface area contributed by atoms with Gasteiger partial charge in [-0.2, -0.15) is 0 Å². The maximum absolute atomic E-state index is 12.6. The summed E-state index contributed by atoms with van der Waals surface area (Å²) >= 11 is 0. The number of nitrogens with zero attached hydrogens (tertiary/aromatic N) is 1. The van der Waals surface area contributed by atoms with E-state index in [-0.39, 0.29) is 18.0 Å². The largest absolute Gasteiger partial charge is 0.454 e. The predicted molar refractivity (Wildman–Crippen MR) is 86.7 cm³/mol. The lowest BCUT2D eigenvalue weighted by molar-refractivity contribution is 0.0435. The minimum atomic E-state index is -0.580. The molecule has 0 atom stereocenters. The highest BCUT2D eigenvalue weighted by atomic mass is 16.5. The van der Waals surface area contributed by atoms with Crippen LogP contribution in [-0.4, -0.2) is 16.9 Å². The van der Waals surface area contributed by atoms with Crippen molar-refractivity contribution in [2.24, 2.45) is 0 Å². The summed E-state index contributed by atoms with van der Waals surface area (Å²) in [4.78, 5) is 25.0. The Labute approximate surface area is 138 Å². The van der Waals surface area contributed by atoms with Crippen molar-refractivity contribution in [3.8, 4) is 0 Å². The zero-order valence-corrected chi connectivity index (χ0v) is 13.1. The van der Waals surface area contributed by atoms with E-state index in [1.54, 1.807) is 61.5 Å². The average Bonchev–Trinajstić information content (AvgIpc) is 3.05. The van der Waals surface area contributed by atoms with E-state index >= 15 is 0 Å². The van der Waals surface area contributed by atoms with Crippen LogP contribution in [0.15, 0.2) is 65.2 Å². The van der Waals surface area contributed by atoms with Crippen molar-refractivity contribution in [3.05, 3.63) is 88.8 Å². The summed E-state index contributed by atoms with van der Waals surface area (Å²) in [5.74, 6) is -0.352. The van der Waals surface area contributed by atoms with Crippen LogP contribution in [0, 0.1) is 6.92 Å². The predicted octanol–water partition coefficient (Wildman–Crippen LogP) is 3.57. The first kappa shape index (κ1) is 15.7. The molecule has 0 unspecified atom stereocenters. The van der Waals surface area contributed by atoms with Gasteiger partial charge in [-0.05, 0) is 13.0 Å². The van der Waals surface area contributed by atoms with Gasteiger partial charge in [0.05, 0.1) is 11.3 Å². The van der Waals surface area contributed by atoms with Crippen LogP contribution in [0.1, 0.15) is 37.7 Å². The summed E-state index contributed by atoms with van der Waals surface area (Å²) in [5.41, 5.74) is 1.76. The van der Waals surface area contributed by atoms with Crippen LogP contribution in [0.4, 0.5) is 0 Å². The smallest absolute Gasteiger partial charge is 0.339 e. The van der Waals surface area contributed by atoms with Crippen LogP contribution in [0.2, 0.25) is 0 Å². The molecule has 0 spiro atoms. The third kappa shape index (κ3) is 3.41. The molecule has 3 rings (SSSR count). The van der Waals surface area contributed by atoms with E-state index in [2.05, 4.69) is 5.16 Å². The van der Waals surface area contributed by atoms with E-state index < -0.39 is 5.97 Å². The van der Waals surface area contributed by atoms with Gasteiger partial charge in [0, 0.05) is 17.2 Å². The summed E-state index contributed by atoms with van der Waals surface area (Å²) in [5, 5.41) is 3.73. The molecule has 0 radical (unpaired) electrons. The highest BCUT2D eigenvalue weighted by molar-refractivity contribution is 6.14. The van der Waals surface area contributed by atoms with Crippen molar-refractivity contribution in [1.29, 1.82) is 0 Å². The Hall–Kier alpha value is -3.21. The number of rotatable bonds is 5. The van der Waals surface area contributed by atoms with Crippen LogP contribution in [-0.2, 0) is 11.3 Å². The second kappa shape index (κ2) is 6.91. The number of aromatic nitrogens is 1. The second-order valence-electron chi connectivity index (χ2n) is 5.25. The Morgan fingerprint density at radius 2 is 1.67 bits per heavy atom. The van der Waals surface area contributed by atoms with E-state index in [0.29, 0.717) is 22.6 Å². The monoisotopic (exact) mass is 321 g/mol. The number of aryl methyl sites for hydroxylation is 1. The molecule has 2 aromatic carbocycles. The van der Waals surface area contributed by atoms with Crippen molar-refractivity contribution in [1.82, 2.24) is 5.16 Å². The number of carbonyl (C=O) groups excluding carboxylic acids is 2. The maximum Gasteiger partial charge on any atom is 0.339 e. The number of hydrogen-bond donors (Lipinski definition) is 0. The Bertz CT molecular complexity index is 868. The quantitative estimate of drug-likeness (QED) is 0.531. The van der Waals surface area contributed by atoms with Gasteiger partial charge in [0.2, 0.25) is 0 Å². The summed E-state index contributed by atoms with van der Waals surface area (Å²) in [6.45, 7) is 1.75. The molecule has 0 bridgehead atoms. The molecular formula is C19H15NO4. The van der Waals surface area contributed by atoms with Gasteiger partial charge >= 0.3 is 5.97 Å². The first-order chi connectivity index (χ1) is 11.6. The molecule has 0 aliphatic carbocycles. The first-order valence-corrected chi connectivity index (χ1v) is 7.43. The van der Waals surface area contributed by atoms with Gasteiger partial charge in [0.1, 0.15) is 0 Å². The van der Waals surface area contributed by atoms with Crippen molar-refractivity contribution >= 4 is 11.8 Å².